The molecule has 2 heterocycles. The molecule has 2 rings (SSSR count). The van der Waals surface area contributed by atoms with Gasteiger partial charge in [-0.05, 0) is 34.0 Å². The van der Waals surface area contributed by atoms with Crippen LogP contribution in [0.1, 0.15) is 40.3 Å². The second-order valence-electron chi connectivity index (χ2n) is 7.45. The van der Waals surface area contributed by atoms with Crippen LogP contribution in [-0.4, -0.2) is 45.7 Å². The molecule has 2 aromatic heterocycles. The van der Waals surface area contributed by atoms with Crippen LogP contribution in [0.5, 0.6) is 0 Å². The summed E-state index contributed by atoms with van der Waals surface area (Å²) in [6.45, 7) is 11.7. The molecule has 0 bridgehead atoms. The summed E-state index contributed by atoms with van der Waals surface area (Å²) in [5.41, 5.74) is 2.19. The standard InChI is InChI=1S/C16H27N5/c1-15(2,3)13-10-12-14(17-8-9-21(12)19-13)18-11-16(4,5)20(6)7/h8-10H,11H2,1-7H3,(H,17,18). The first-order chi connectivity index (χ1) is 9.61. The number of aromatic nitrogens is 3. The number of anilines is 1. The van der Waals surface area contributed by atoms with Gasteiger partial charge in [0.1, 0.15) is 5.52 Å². The fourth-order valence-electron chi connectivity index (χ4n) is 1.88. The molecule has 5 heteroatoms. The van der Waals surface area contributed by atoms with E-state index in [2.05, 4.69) is 75.1 Å². The average Bonchev–Trinajstić information content (AvgIpc) is 2.80. The quantitative estimate of drug-likeness (QED) is 0.940. The van der Waals surface area contributed by atoms with Gasteiger partial charge in [-0.25, -0.2) is 9.50 Å². The average molecular weight is 289 g/mol. The number of fused-ring (bicyclic) bond motifs is 1. The third-order valence-electron chi connectivity index (χ3n) is 4.06. The van der Waals surface area contributed by atoms with E-state index in [1.807, 2.05) is 10.7 Å². The zero-order valence-corrected chi connectivity index (χ0v) is 14.2. The summed E-state index contributed by atoms with van der Waals surface area (Å²) < 4.78 is 1.90. The van der Waals surface area contributed by atoms with Gasteiger partial charge in [0.2, 0.25) is 0 Å². The van der Waals surface area contributed by atoms with Crippen LogP contribution >= 0.6 is 0 Å². The van der Waals surface area contributed by atoms with Gasteiger partial charge >= 0.3 is 0 Å². The van der Waals surface area contributed by atoms with Crippen molar-refractivity contribution in [2.24, 2.45) is 0 Å². The van der Waals surface area contributed by atoms with Crippen LogP contribution in [0.2, 0.25) is 0 Å². The number of likely N-dealkylation sites (N-methyl/N-ethyl adjacent to an activating group) is 1. The molecule has 0 saturated carbocycles. The topological polar surface area (TPSA) is 45.5 Å². The van der Waals surface area contributed by atoms with Crippen molar-refractivity contribution in [2.45, 2.75) is 45.6 Å². The molecule has 0 aromatic carbocycles. The minimum atomic E-state index is 0.0339. The first-order valence-corrected chi connectivity index (χ1v) is 7.37. The van der Waals surface area contributed by atoms with E-state index in [1.54, 1.807) is 6.20 Å². The van der Waals surface area contributed by atoms with Crippen LogP contribution in [-0.2, 0) is 5.41 Å². The highest BCUT2D eigenvalue weighted by Gasteiger charge is 2.22. The number of rotatable bonds is 4. The van der Waals surface area contributed by atoms with E-state index in [1.165, 1.54) is 0 Å². The molecule has 5 nitrogen and oxygen atoms in total. The fourth-order valence-corrected chi connectivity index (χ4v) is 1.88. The van der Waals surface area contributed by atoms with Gasteiger partial charge in [0.15, 0.2) is 5.82 Å². The molecule has 0 radical (unpaired) electrons. The van der Waals surface area contributed by atoms with Gasteiger partial charge < -0.3 is 10.2 Å². The van der Waals surface area contributed by atoms with Crippen LogP contribution in [0.25, 0.3) is 5.52 Å². The van der Waals surface area contributed by atoms with Crippen LogP contribution in [0, 0.1) is 0 Å². The summed E-state index contributed by atoms with van der Waals surface area (Å²) in [7, 11) is 4.18. The highest BCUT2D eigenvalue weighted by Crippen LogP contribution is 2.25. The van der Waals surface area contributed by atoms with Gasteiger partial charge in [-0.3, -0.25) is 0 Å². The first-order valence-electron chi connectivity index (χ1n) is 7.37. The van der Waals surface area contributed by atoms with Gasteiger partial charge in [0.05, 0.1) is 5.69 Å². The molecule has 0 atom stereocenters. The highest BCUT2D eigenvalue weighted by molar-refractivity contribution is 5.68. The largest absolute Gasteiger partial charge is 0.366 e. The molecule has 1 N–H and O–H groups in total. The van der Waals surface area contributed by atoms with E-state index >= 15 is 0 Å². The SMILES string of the molecule is CN(C)C(C)(C)CNc1nccn2nc(C(C)(C)C)cc12. The Morgan fingerprint density at radius 1 is 1.19 bits per heavy atom. The van der Waals surface area contributed by atoms with Crippen molar-refractivity contribution in [2.75, 3.05) is 26.0 Å². The first kappa shape index (κ1) is 15.8. The smallest absolute Gasteiger partial charge is 0.152 e. The molecular weight excluding hydrogens is 262 g/mol. The zero-order valence-electron chi connectivity index (χ0n) is 14.2. The van der Waals surface area contributed by atoms with E-state index in [-0.39, 0.29) is 11.0 Å². The fraction of sp³-hybridized carbons (Fsp3) is 0.625. The normalized spacial score (nSPS) is 13.1. The Hall–Kier alpha value is -1.62. The molecule has 21 heavy (non-hydrogen) atoms. The number of hydrogen-bond acceptors (Lipinski definition) is 4. The minimum Gasteiger partial charge on any atom is -0.366 e. The molecule has 0 aliphatic rings. The van der Waals surface area contributed by atoms with E-state index in [9.17, 15) is 0 Å². The van der Waals surface area contributed by atoms with Crippen LogP contribution in [0.3, 0.4) is 0 Å². The maximum absolute atomic E-state index is 4.65. The van der Waals surface area contributed by atoms with Crippen LogP contribution in [0.15, 0.2) is 18.5 Å². The van der Waals surface area contributed by atoms with E-state index in [4.69, 9.17) is 0 Å². The van der Waals surface area contributed by atoms with Crippen molar-refractivity contribution in [3.63, 3.8) is 0 Å². The molecule has 0 fully saturated rings. The van der Waals surface area contributed by atoms with Crippen molar-refractivity contribution in [1.82, 2.24) is 19.5 Å². The predicted molar refractivity (Wildman–Crippen MR) is 87.9 cm³/mol. The van der Waals surface area contributed by atoms with Crippen molar-refractivity contribution >= 4 is 11.3 Å². The lowest BCUT2D eigenvalue weighted by Gasteiger charge is -2.32. The predicted octanol–water partition coefficient (Wildman–Crippen LogP) is 2.78. The lowest BCUT2D eigenvalue weighted by atomic mass is 9.92. The van der Waals surface area contributed by atoms with Crippen molar-refractivity contribution in [1.29, 1.82) is 0 Å². The van der Waals surface area contributed by atoms with Crippen molar-refractivity contribution in [3.8, 4) is 0 Å². The Morgan fingerprint density at radius 3 is 2.43 bits per heavy atom. The third kappa shape index (κ3) is 3.35. The number of nitrogens with zero attached hydrogens (tertiary/aromatic N) is 4. The van der Waals surface area contributed by atoms with Crippen molar-refractivity contribution in [3.05, 3.63) is 24.2 Å². The molecule has 0 amide bonds. The summed E-state index contributed by atoms with van der Waals surface area (Å²) in [6.07, 6.45) is 3.68. The maximum Gasteiger partial charge on any atom is 0.152 e. The lowest BCUT2D eigenvalue weighted by Crippen LogP contribution is -2.44. The Labute approximate surface area is 127 Å². The van der Waals surface area contributed by atoms with E-state index in [0.29, 0.717) is 0 Å². The molecule has 0 aliphatic carbocycles. The Morgan fingerprint density at radius 2 is 1.86 bits per heavy atom. The summed E-state index contributed by atoms with van der Waals surface area (Å²) in [6, 6.07) is 2.12. The van der Waals surface area contributed by atoms with Gasteiger partial charge in [-0.15, -0.1) is 0 Å². The van der Waals surface area contributed by atoms with E-state index < -0.39 is 0 Å². The summed E-state index contributed by atoms with van der Waals surface area (Å²) in [4.78, 5) is 6.68. The Bertz CT molecular complexity index is 619. The monoisotopic (exact) mass is 289 g/mol. The highest BCUT2D eigenvalue weighted by atomic mass is 15.2. The maximum atomic E-state index is 4.65. The van der Waals surface area contributed by atoms with Crippen LogP contribution in [0.4, 0.5) is 5.82 Å². The molecule has 0 aliphatic heterocycles. The zero-order chi connectivity index (χ0) is 15.8. The molecule has 0 unspecified atom stereocenters. The van der Waals surface area contributed by atoms with Gasteiger partial charge in [0, 0.05) is 29.9 Å². The van der Waals surface area contributed by atoms with Crippen LogP contribution < -0.4 is 5.32 Å². The number of nitrogens with one attached hydrogen (secondary N) is 1. The summed E-state index contributed by atoms with van der Waals surface area (Å²) in [5.74, 6) is 0.885. The molecule has 2 aromatic rings. The molecule has 116 valence electrons. The molecule has 0 saturated heterocycles. The van der Waals surface area contributed by atoms with Gasteiger partial charge in [-0.2, -0.15) is 5.10 Å². The van der Waals surface area contributed by atoms with Gasteiger partial charge in [-0.1, -0.05) is 20.8 Å². The van der Waals surface area contributed by atoms with E-state index in [0.717, 1.165) is 23.6 Å². The lowest BCUT2D eigenvalue weighted by molar-refractivity contribution is 0.210. The second kappa shape index (κ2) is 5.30. The van der Waals surface area contributed by atoms with Gasteiger partial charge in [0.25, 0.3) is 0 Å². The molecule has 0 spiro atoms. The summed E-state index contributed by atoms with van der Waals surface area (Å²) in [5, 5.41) is 8.11. The second-order valence-corrected chi connectivity index (χ2v) is 7.45. The Balaban J connectivity index is 2.31. The minimum absolute atomic E-state index is 0.0339. The Kier molecular flexibility index (Phi) is 3.97. The summed E-state index contributed by atoms with van der Waals surface area (Å²) >= 11 is 0. The number of hydrogen-bond donors (Lipinski definition) is 1. The third-order valence-corrected chi connectivity index (χ3v) is 4.06. The molecular formula is C16H27N5. The van der Waals surface area contributed by atoms with Crippen molar-refractivity contribution < 1.29 is 0 Å².